The summed E-state index contributed by atoms with van der Waals surface area (Å²) in [5.74, 6) is 0.990. The van der Waals surface area contributed by atoms with E-state index in [1.807, 2.05) is 17.8 Å². The van der Waals surface area contributed by atoms with Gasteiger partial charge >= 0.3 is 0 Å². The number of thioether (sulfide) groups is 1. The van der Waals surface area contributed by atoms with Crippen molar-refractivity contribution in [1.29, 1.82) is 0 Å². The third-order valence-corrected chi connectivity index (χ3v) is 4.53. The summed E-state index contributed by atoms with van der Waals surface area (Å²) < 4.78 is 0. The minimum Gasteiger partial charge on any atom is -0.327 e. The molecule has 0 unspecified atom stereocenters. The van der Waals surface area contributed by atoms with E-state index in [1.54, 1.807) is 0 Å². The minimum atomic E-state index is 0.270. The predicted molar refractivity (Wildman–Crippen MR) is 78.8 cm³/mol. The molecule has 0 saturated carbocycles. The Bertz CT molecular complexity index is 344. The van der Waals surface area contributed by atoms with E-state index < -0.39 is 0 Å². The molecule has 0 bridgehead atoms. The fraction of sp³-hybridized carbons (Fsp3) is 0.571. The molecule has 1 aromatic rings. The fourth-order valence-electron chi connectivity index (χ4n) is 2.22. The molecule has 0 aromatic heterocycles. The van der Waals surface area contributed by atoms with E-state index in [2.05, 4.69) is 29.2 Å². The summed E-state index contributed by atoms with van der Waals surface area (Å²) >= 11 is 1.84. The molecular formula is C14H23N3S. The number of rotatable bonds is 6. The number of benzene rings is 1. The Kier molecular flexibility index (Phi) is 5.50. The number of hydrogen-bond donors (Lipinski definition) is 2. The summed E-state index contributed by atoms with van der Waals surface area (Å²) in [6.07, 6.45) is 2.19. The third-order valence-electron chi connectivity index (χ3n) is 3.33. The van der Waals surface area contributed by atoms with Gasteiger partial charge < -0.3 is 16.4 Å². The SMILES string of the molecule is N[C@H](CCN1CC[C@@H](N)C1)CSc1ccccc1. The quantitative estimate of drug-likeness (QED) is 0.766. The maximum Gasteiger partial charge on any atom is 0.0180 e. The molecule has 1 aliphatic rings. The van der Waals surface area contributed by atoms with Crippen LogP contribution in [0.25, 0.3) is 0 Å². The van der Waals surface area contributed by atoms with Crippen LogP contribution in [-0.4, -0.2) is 42.4 Å². The second-order valence-corrected chi connectivity index (χ2v) is 6.12. The van der Waals surface area contributed by atoms with Gasteiger partial charge in [-0.3, -0.25) is 0 Å². The standard InChI is InChI=1S/C14H23N3S/c15-12-6-8-17(10-12)9-7-13(16)11-18-14-4-2-1-3-5-14/h1-5,12-13H,6-11,15-16H2/t12-,13-/m1/s1. The highest BCUT2D eigenvalue weighted by atomic mass is 32.2. The smallest absolute Gasteiger partial charge is 0.0180 e. The van der Waals surface area contributed by atoms with Crippen molar-refractivity contribution >= 4 is 11.8 Å². The number of nitrogens with two attached hydrogens (primary N) is 2. The lowest BCUT2D eigenvalue weighted by Crippen LogP contribution is -2.32. The molecule has 0 spiro atoms. The van der Waals surface area contributed by atoms with Gasteiger partial charge in [-0.05, 0) is 38.1 Å². The monoisotopic (exact) mass is 265 g/mol. The molecule has 0 radical (unpaired) electrons. The van der Waals surface area contributed by atoms with Gasteiger partial charge in [0.1, 0.15) is 0 Å². The van der Waals surface area contributed by atoms with Crippen molar-refractivity contribution in [2.45, 2.75) is 29.8 Å². The predicted octanol–water partition coefficient (Wildman–Crippen LogP) is 1.53. The van der Waals surface area contributed by atoms with Crippen molar-refractivity contribution in [3.05, 3.63) is 30.3 Å². The summed E-state index contributed by atoms with van der Waals surface area (Å²) in [4.78, 5) is 3.73. The van der Waals surface area contributed by atoms with E-state index in [4.69, 9.17) is 11.5 Å². The van der Waals surface area contributed by atoms with Crippen LogP contribution in [0.15, 0.2) is 35.2 Å². The molecule has 1 saturated heterocycles. The van der Waals surface area contributed by atoms with Crippen LogP contribution in [0.4, 0.5) is 0 Å². The number of nitrogens with zero attached hydrogens (tertiary/aromatic N) is 1. The molecule has 18 heavy (non-hydrogen) atoms. The van der Waals surface area contributed by atoms with Crippen LogP contribution in [0.5, 0.6) is 0 Å². The number of likely N-dealkylation sites (tertiary alicyclic amines) is 1. The van der Waals surface area contributed by atoms with Crippen molar-refractivity contribution in [3.63, 3.8) is 0 Å². The van der Waals surface area contributed by atoms with Gasteiger partial charge in [0.15, 0.2) is 0 Å². The zero-order valence-electron chi connectivity index (χ0n) is 10.8. The summed E-state index contributed by atoms with van der Waals surface area (Å²) in [5, 5.41) is 0. The Morgan fingerprint density at radius 3 is 2.78 bits per heavy atom. The molecule has 0 aliphatic carbocycles. The highest BCUT2D eigenvalue weighted by Gasteiger charge is 2.19. The molecule has 0 amide bonds. The van der Waals surface area contributed by atoms with Crippen LogP contribution in [0, 0.1) is 0 Å². The van der Waals surface area contributed by atoms with Crippen LogP contribution in [0.1, 0.15) is 12.8 Å². The lowest BCUT2D eigenvalue weighted by atomic mass is 10.2. The molecule has 1 heterocycles. The normalized spacial score (nSPS) is 22.2. The van der Waals surface area contributed by atoms with Crippen LogP contribution in [0.3, 0.4) is 0 Å². The Morgan fingerprint density at radius 2 is 2.11 bits per heavy atom. The summed E-state index contributed by atoms with van der Waals surface area (Å²) in [7, 11) is 0. The van der Waals surface area contributed by atoms with Gasteiger partial charge in [0, 0.05) is 29.3 Å². The highest BCUT2D eigenvalue weighted by Crippen LogP contribution is 2.18. The first-order chi connectivity index (χ1) is 8.74. The van der Waals surface area contributed by atoms with Crippen molar-refractivity contribution in [3.8, 4) is 0 Å². The van der Waals surface area contributed by atoms with Gasteiger partial charge in [-0.2, -0.15) is 0 Å². The average Bonchev–Trinajstić information content (AvgIpc) is 2.81. The molecule has 1 aliphatic heterocycles. The molecule has 2 rings (SSSR count). The van der Waals surface area contributed by atoms with Crippen LogP contribution < -0.4 is 11.5 Å². The zero-order chi connectivity index (χ0) is 12.8. The first-order valence-electron chi connectivity index (χ1n) is 6.65. The van der Waals surface area contributed by atoms with E-state index in [9.17, 15) is 0 Å². The van der Waals surface area contributed by atoms with Gasteiger partial charge in [-0.25, -0.2) is 0 Å². The summed E-state index contributed by atoms with van der Waals surface area (Å²) in [6, 6.07) is 11.1. The fourth-order valence-corrected chi connectivity index (χ4v) is 3.14. The maximum absolute atomic E-state index is 6.16. The van der Waals surface area contributed by atoms with E-state index >= 15 is 0 Å². The average molecular weight is 265 g/mol. The van der Waals surface area contributed by atoms with Crippen molar-refractivity contribution in [1.82, 2.24) is 4.90 Å². The molecule has 3 nitrogen and oxygen atoms in total. The third kappa shape index (κ3) is 4.61. The van der Waals surface area contributed by atoms with Gasteiger partial charge in [-0.15, -0.1) is 11.8 Å². The summed E-state index contributed by atoms with van der Waals surface area (Å²) in [6.45, 7) is 3.27. The van der Waals surface area contributed by atoms with E-state index in [0.29, 0.717) is 6.04 Å². The number of hydrogen-bond acceptors (Lipinski definition) is 4. The van der Waals surface area contributed by atoms with Gasteiger partial charge in [0.25, 0.3) is 0 Å². The first-order valence-corrected chi connectivity index (χ1v) is 7.64. The second kappa shape index (κ2) is 7.14. The highest BCUT2D eigenvalue weighted by molar-refractivity contribution is 7.99. The van der Waals surface area contributed by atoms with Crippen LogP contribution >= 0.6 is 11.8 Å². The second-order valence-electron chi connectivity index (χ2n) is 5.02. The van der Waals surface area contributed by atoms with Crippen molar-refractivity contribution < 1.29 is 0 Å². The minimum absolute atomic E-state index is 0.270. The molecule has 2 atom stereocenters. The van der Waals surface area contributed by atoms with E-state index in [0.717, 1.165) is 38.2 Å². The van der Waals surface area contributed by atoms with Crippen molar-refractivity contribution in [2.75, 3.05) is 25.4 Å². The van der Waals surface area contributed by atoms with Crippen molar-refractivity contribution in [2.24, 2.45) is 11.5 Å². The van der Waals surface area contributed by atoms with E-state index in [1.165, 1.54) is 4.90 Å². The molecule has 4 heteroatoms. The lowest BCUT2D eigenvalue weighted by Gasteiger charge is -2.18. The van der Waals surface area contributed by atoms with Gasteiger partial charge in [-0.1, -0.05) is 18.2 Å². The van der Waals surface area contributed by atoms with E-state index in [-0.39, 0.29) is 6.04 Å². The Labute approximate surface area is 114 Å². The summed E-state index contributed by atoms with van der Waals surface area (Å²) in [5.41, 5.74) is 12.0. The Morgan fingerprint density at radius 1 is 1.33 bits per heavy atom. The molecule has 1 aromatic carbocycles. The van der Waals surface area contributed by atoms with Crippen LogP contribution in [-0.2, 0) is 0 Å². The Balaban J connectivity index is 1.62. The molecular weight excluding hydrogens is 242 g/mol. The molecule has 4 N–H and O–H groups in total. The zero-order valence-corrected chi connectivity index (χ0v) is 11.6. The maximum atomic E-state index is 6.16. The topological polar surface area (TPSA) is 55.3 Å². The van der Waals surface area contributed by atoms with Gasteiger partial charge in [0.05, 0.1) is 0 Å². The van der Waals surface area contributed by atoms with Gasteiger partial charge in [0.2, 0.25) is 0 Å². The molecule has 100 valence electrons. The Hall–Kier alpha value is -0.550. The lowest BCUT2D eigenvalue weighted by molar-refractivity contribution is 0.321. The van der Waals surface area contributed by atoms with Crippen LogP contribution in [0.2, 0.25) is 0 Å². The largest absolute Gasteiger partial charge is 0.327 e. The first kappa shape index (κ1) is 13.9. The molecule has 1 fully saturated rings.